The molecule has 1 saturated carbocycles. The minimum Gasteiger partial charge on any atom is -0.489 e. The predicted octanol–water partition coefficient (Wildman–Crippen LogP) is 0.130. The number of methoxy groups -OCH3 is 1. The van der Waals surface area contributed by atoms with Gasteiger partial charge in [-0.3, -0.25) is 4.79 Å². The van der Waals surface area contributed by atoms with E-state index in [4.69, 9.17) is 9.84 Å². The van der Waals surface area contributed by atoms with E-state index >= 15 is 0 Å². The molecule has 17 heavy (non-hydrogen) atoms. The Labute approximate surface area is 99.2 Å². The van der Waals surface area contributed by atoms with E-state index in [-0.39, 0.29) is 17.9 Å². The topological polar surface area (TPSA) is 78.5 Å². The monoisotopic (exact) mass is 239 g/mol. The smallest absolute Gasteiger partial charge is 0.295 e. The van der Waals surface area contributed by atoms with Crippen LogP contribution in [0.3, 0.4) is 0 Å². The van der Waals surface area contributed by atoms with Crippen LogP contribution in [0.2, 0.25) is 0 Å². The van der Waals surface area contributed by atoms with E-state index in [0.29, 0.717) is 18.4 Å². The number of H-pyrrole nitrogens is 1. The number of rotatable bonds is 5. The highest BCUT2D eigenvalue weighted by atomic mass is 16.5. The summed E-state index contributed by atoms with van der Waals surface area (Å²) in [6.45, 7) is 0.506. The summed E-state index contributed by atoms with van der Waals surface area (Å²) >= 11 is 0. The van der Waals surface area contributed by atoms with Gasteiger partial charge in [-0.15, -0.1) is 0 Å². The van der Waals surface area contributed by atoms with Gasteiger partial charge in [0.25, 0.3) is 5.56 Å². The minimum atomic E-state index is -0.292. The van der Waals surface area contributed by atoms with Crippen LogP contribution in [0, 0.1) is 0 Å². The lowest BCUT2D eigenvalue weighted by molar-refractivity contribution is 0.281. The fourth-order valence-electron chi connectivity index (χ4n) is 2.03. The molecule has 2 rings (SSSR count). The molecule has 0 atom stereocenters. The maximum Gasteiger partial charge on any atom is 0.295 e. The first-order valence-corrected chi connectivity index (χ1v) is 5.77. The lowest BCUT2D eigenvalue weighted by Gasteiger charge is -2.38. The Morgan fingerprint density at radius 3 is 2.94 bits per heavy atom. The summed E-state index contributed by atoms with van der Waals surface area (Å²) in [5.74, 6) is 0.739. The number of hydrogen-bond acceptors (Lipinski definition) is 5. The van der Waals surface area contributed by atoms with Crippen molar-refractivity contribution in [3.8, 4) is 5.75 Å². The summed E-state index contributed by atoms with van der Waals surface area (Å²) in [6, 6.07) is 0.352. The molecule has 2 N–H and O–H groups in total. The Bertz CT molecular complexity index is 428. The predicted molar refractivity (Wildman–Crippen MR) is 63.5 cm³/mol. The van der Waals surface area contributed by atoms with E-state index in [1.807, 2.05) is 4.90 Å². The molecule has 0 saturated heterocycles. The molecule has 94 valence electrons. The van der Waals surface area contributed by atoms with Crippen molar-refractivity contribution in [3.63, 3.8) is 0 Å². The zero-order valence-corrected chi connectivity index (χ0v) is 9.85. The van der Waals surface area contributed by atoms with Crippen molar-refractivity contribution in [1.29, 1.82) is 0 Å². The maximum absolute atomic E-state index is 11.6. The van der Waals surface area contributed by atoms with Gasteiger partial charge in [-0.1, -0.05) is 0 Å². The molecule has 0 aromatic carbocycles. The van der Waals surface area contributed by atoms with Gasteiger partial charge in [0.1, 0.15) is 0 Å². The maximum atomic E-state index is 11.6. The van der Waals surface area contributed by atoms with Crippen LogP contribution in [0.4, 0.5) is 5.82 Å². The fourth-order valence-corrected chi connectivity index (χ4v) is 2.03. The minimum absolute atomic E-state index is 0.0358. The first-order chi connectivity index (χ1) is 8.27. The first kappa shape index (κ1) is 11.9. The van der Waals surface area contributed by atoms with E-state index in [9.17, 15) is 4.79 Å². The van der Waals surface area contributed by atoms with Crippen molar-refractivity contribution in [2.75, 3.05) is 25.2 Å². The summed E-state index contributed by atoms with van der Waals surface area (Å²) in [5, 5.41) is 9.10. The molecule has 6 nitrogen and oxygen atoms in total. The van der Waals surface area contributed by atoms with Crippen molar-refractivity contribution < 1.29 is 9.84 Å². The van der Waals surface area contributed by atoms with Gasteiger partial charge in [0.2, 0.25) is 5.75 Å². The van der Waals surface area contributed by atoms with Crippen LogP contribution in [-0.4, -0.2) is 41.4 Å². The summed E-state index contributed by atoms with van der Waals surface area (Å²) < 4.78 is 5.09. The highest BCUT2D eigenvalue weighted by molar-refractivity contribution is 5.51. The number of nitrogens with one attached hydrogen (secondary N) is 1. The summed E-state index contributed by atoms with van der Waals surface area (Å²) in [7, 11) is 1.45. The lowest BCUT2D eigenvalue weighted by Crippen LogP contribution is -2.43. The number of nitrogens with zero attached hydrogens (tertiary/aromatic N) is 2. The van der Waals surface area contributed by atoms with E-state index in [1.165, 1.54) is 19.9 Å². The second-order valence-corrected chi connectivity index (χ2v) is 4.09. The molecule has 0 unspecified atom stereocenters. The number of aliphatic hydroxyl groups is 1. The average molecular weight is 239 g/mol. The van der Waals surface area contributed by atoms with Crippen LogP contribution in [0.1, 0.15) is 19.3 Å². The summed E-state index contributed by atoms with van der Waals surface area (Å²) in [6.07, 6.45) is 4.68. The number of aromatic nitrogens is 2. The molecular formula is C11H17N3O3. The molecule has 0 bridgehead atoms. The van der Waals surface area contributed by atoms with E-state index in [0.717, 1.165) is 12.8 Å². The second-order valence-electron chi connectivity index (χ2n) is 4.09. The zero-order valence-electron chi connectivity index (χ0n) is 9.85. The van der Waals surface area contributed by atoms with Crippen LogP contribution in [0.15, 0.2) is 11.1 Å². The van der Waals surface area contributed by atoms with Gasteiger partial charge in [0.05, 0.1) is 20.0 Å². The van der Waals surface area contributed by atoms with Crippen molar-refractivity contribution in [2.45, 2.75) is 25.3 Å². The van der Waals surface area contributed by atoms with Crippen LogP contribution in [0.5, 0.6) is 5.75 Å². The van der Waals surface area contributed by atoms with E-state index in [2.05, 4.69) is 9.97 Å². The fraction of sp³-hybridized carbons (Fsp3) is 0.636. The molecule has 0 aliphatic heterocycles. The van der Waals surface area contributed by atoms with Gasteiger partial charge < -0.3 is 19.7 Å². The summed E-state index contributed by atoms with van der Waals surface area (Å²) in [4.78, 5) is 20.2. The Kier molecular flexibility index (Phi) is 3.63. The van der Waals surface area contributed by atoms with Gasteiger partial charge in [-0.05, 0) is 19.3 Å². The van der Waals surface area contributed by atoms with E-state index in [1.54, 1.807) is 0 Å². The number of anilines is 1. The quantitative estimate of drug-likeness (QED) is 0.763. The average Bonchev–Trinajstić information content (AvgIpc) is 2.26. The standard InChI is InChI=1S/C11H17N3O3/c1-17-9-10(12-7-13-11(9)16)14(5-6-15)8-3-2-4-8/h7-8,15H,2-6H2,1H3,(H,12,13,16). The Hall–Kier alpha value is -1.56. The Balaban J connectivity index is 2.34. The van der Waals surface area contributed by atoms with Crippen LogP contribution < -0.4 is 15.2 Å². The Morgan fingerprint density at radius 2 is 2.41 bits per heavy atom. The van der Waals surface area contributed by atoms with Gasteiger partial charge in [-0.2, -0.15) is 0 Å². The first-order valence-electron chi connectivity index (χ1n) is 5.77. The highest BCUT2D eigenvalue weighted by Crippen LogP contribution is 2.31. The number of ether oxygens (including phenoxy) is 1. The van der Waals surface area contributed by atoms with Crippen molar-refractivity contribution in [1.82, 2.24) is 9.97 Å². The largest absolute Gasteiger partial charge is 0.489 e. The molecule has 6 heteroatoms. The number of aromatic amines is 1. The van der Waals surface area contributed by atoms with Gasteiger partial charge >= 0.3 is 0 Å². The molecule has 1 aliphatic carbocycles. The second kappa shape index (κ2) is 5.18. The Morgan fingerprint density at radius 1 is 1.65 bits per heavy atom. The third kappa shape index (κ3) is 2.26. The van der Waals surface area contributed by atoms with Crippen LogP contribution in [-0.2, 0) is 0 Å². The van der Waals surface area contributed by atoms with Gasteiger partial charge in [-0.25, -0.2) is 4.98 Å². The highest BCUT2D eigenvalue weighted by Gasteiger charge is 2.28. The summed E-state index contributed by atoms with van der Waals surface area (Å²) in [5.41, 5.74) is -0.292. The number of hydrogen-bond donors (Lipinski definition) is 2. The molecule has 0 spiro atoms. The molecule has 0 radical (unpaired) electrons. The molecule has 1 fully saturated rings. The van der Waals surface area contributed by atoms with Crippen LogP contribution >= 0.6 is 0 Å². The molecule has 1 aromatic rings. The SMILES string of the molecule is COc1c(N(CCO)C2CCC2)nc[nH]c1=O. The third-order valence-electron chi connectivity index (χ3n) is 3.12. The van der Waals surface area contributed by atoms with Gasteiger partial charge in [0, 0.05) is 12.6 Å². The molecule has 1 aliphatic rings. The zero-order chi connectivity index (χ0) is 12.3. The molecule has 0 amide bonds. The van der Waals surface area contributed by atoms with Crippen molar-refractivity contribution >= 4 is 5.82 Å². The van der Waals surface area contributed by atoms with E-state index < -0.39 is 0 Å². The van der Waals surface area contributed by atoms with Crippen molar-refractivity contribution in [3.05, 3.63) is 16.7 Å². The number of aliphatic hydroxyl groups excluding tert-OH is 1. The molecule has 1 aromatic heterocycles. The van der Waals surface area contributed by atoms with Crippen molar-refractivity contribution in [2.24, 2.45) is 0 Å². The normalized spacial score (nSPS) is 15.4. The van der Waals surface area contributed by atoms with Crippen LogP contribution in [0.25, 0.3) is 0 Å². The third-order valence-corrected chi connectivity index (χ3v) is 3.12. The van der Waals surface area contributed by atoms with Gasteiger partial charge in [0.15, 0.2) is 5.82 Å². The molecular weight excluding hydrogens is 222 g/mol. The lowest BCUT2D eigenvalue weighted by atomic mass is 9.91. The molecule has 1 heterocycles.